The van der Waals surface area contributed by atoms with E-state index in [4.69, 9.17) is 0 Å². The second-order valence-electron chi connectivity index (χ2n) is 5.71. The van der Waals surface area contributed by atoms with E-state index >= 15 is 0 Å². The molecule has 3 aromatic rings. The van der Waals surface area contributed by atoms with Gasteiger partial charge in [0.25, 0.3) is 5.91 Å². The third-order valence-corrected chi connectivity index (χ3v) is 4.31. The average Bonchev–Trinajstić information content (AvgIpc) is 2.97. The van der Waals surface area contributed by atoms with Gasteiger partial charge in [0.1, 0.15) is 17.1 Å². The number of nitrogens with one attached hydrogen (secondary N) is 1. The number of aromatic nitrogens is 2. The van der Waals surface area contributed by atoms with Crippen molar-refractivity contribution in [3.63, 3.8) is 0 Å². The molecule has 0 saturated heterocycles. The van der Waals surface area contributed by atoms with Crippen molar-refractivity contribution in [1.82, 2.24) is 14.7 Å². The fourth-order valence-corrected chi connectivity index (χ4v) is 2.95. The van der Waals surface area contributed by atoms with Crippen LogP contribution in [0.5, 0.6) is 5.75 Å². The predicted octanol–water partition coefficient (Wildman–Crippen LogP) is 4.49. The summed E-state index contributed by atoms with van der Waals surface area (Å²) in [5.74, 6) is -0.615. The van der Waals surface area contributed by atoms with E-state index < -0.39 is 6.36 Å². The number of benzene rings is 1. The van der Waals surface area contributed by atoms with Gasteiger partial charge in [-0.25, -0.2) is 4.98 Å². The standard InChI is InChI=1S/C18H15BrF3N3O2/c1-2-14-16(25-8-7-12(19)9-15(25)24-14)17(26)23-10-11-3-5-13(6-4-11)27-18(20,21)22/h3-9H,2,10H2,1H3,(H,23,26). The van der Waals surface area contributed by atoms with Gasteiger partial charge in [-0.05, 0) is 36.2 Å². The molecule has 1 N–H and O–H groups in total. The Balaban J connectivity index is 1.74. The van der Waals surface area contributed by atoms with Crippen LogP contribution >= 0.6 is 15.9 Å². The number of imidazole rings is 1. The Kier molecular flexibility index (Phi) is 5.41. The average molecular weight is 442 g/mol. The third-order valence-electron chi connectivity index (χ3n) is 3.82. The Bertz CT molecular complexity index is 968. The number of alkyl halides is 3. The number of rotatable bonds is 5. The lowest BCUT2D eigenvalue weighted by Crippen LogP contribution is -2.25. The van der Waals surface area contributed by atoms with Crippen LogP contribution in [0.4, 0.5) is 13.2 Å². The molecule has 0 saturated carbocycles. The zero-order valence-corrected chi connectivity index (χ0v) is 15.8. The Morgan fingerprint density at radius 3 is 2.59 bits per heavy atom. The van der Waals surface area contributed by atoms with Crippen LogP contribution in [0.25, 0.3) is 5.65 Å². The molecule has 0 radical (unpaired) electrons. The summed E-state index contributed by atoms with van der Waals surface area (Å²) in [6.45, 7) is 2.07. The monoisotopic (exact) mass is 441 g/mol. The lowest BCUT2D eigenvalue weighted by atomic mass is 10.2. The van der Waals surface area contributed by atoms with E-state index in [0.29, 0.717) is 29.0 Å². The minimum Gasteiger partial charge on any atom is -0.406 e. The largest absolute Gasteiger partial charge is 0.573 e. The molecule has 9 heteroatoms. The summed E-state index contributed by atoms with van der Waals surface area (Å²) >= 11 is 3.38. The Morgan fingerprint density at radius 1 is 1.26 bits per heavy atom. The number of fused-ring (bicyclic) bond motifs is 1. The maximum atomic E-state index is 12.7. The molecule has 0 fully saturated rings. The number of hydrogen-bond donors (Lipinski definition) is 1. The molecular weight excluding hydrogens is 427 g/mol. The molecule has 3 rings (SSSR count). The van der Waals surface area contributed by atoms with Gasteiger partial charge in [-0.3, -0.25) is 9.20 Å². The molecular formula is C18H15BrF3N3O2. The molecule has 5 nitrogen and oxygen atoms in total. The molecule has 0 aliphatic rings. The molecule has 142 valence electrons. The molecule has 0 aliphatic heterocycles. The Labute approximate surface area is 161 Å². The van der Waals surface area contributed by atoms with Gasteiger partial charge in [0.2, 0.25) is 0 Å². The molecule has 0 spiro atoms. The highest BCUT2D eigenvalue weighted by Gasteiger charge is 2.30. The zero-order valence-electron chi connectivity index (χ0n) is 14.2. The maximum Gasteiger partial charge on any atom is 0.573 e. The van der Waals surface area contributed by atoms with E-state index in [1.165, 1.54) is 24.3 Å². The van der Waals surface area contributed by atoms with Gasteiger partial charge in [0.05, 0.1) is 5.69 Å². The van der Waals surface area contributed by atoms with Crippen molar-refractivity contribution < 1.29 is 22.7 Å². The molecule has 1 aromatic carbocycles. The predicted molar refractivity (Wildman–Crippen MR) is 96.6 cm³/mol. The highest BCUT2D eigenvalue weighted by Crippen LogP contribution is 2.23. The molecule has 1 amide bonds. The first-order chi connectivity index (χ1) is 12.8. The fourth-order valence-electron chi connectivity index (χ4n) is 2.63. The van der Waals surface area contributed by atoms with Crippen molar-refractivity contribution in [1.29, 1.82) is 0 Å². The van der Waals surface area contributed by atoms with Gasteiger partial charge in [0, 0.05) is 17.2 Å². The van der Waals surface area contributed by atoms with E-state index in [1.54, 1.807) is 10.6 Å². The number of carbonyl (C=O) groups is 1. The number of carbonyl (C=O) groups excluding carboxylic acids is 1. The van der Waals surface area contributed by atoms with Crippen molar-refractivity contribution >= 4 is 27.5 Å². The fraction of sp³-hybridized carbons (Fsp3) is 0.222. The van der Waals surface area contributed by atoms with Crippen LogP contribution in [-0.2, 0) is 13.0 Å². The highest BCUT2D eigenvalue weighted by atomic mass is 79.9. The zero-order chi connectivity index (χ0) is 19.6. The first-order valence-electron chi connectivity index (χ1n) is 8.06. The van der Waals surface area contributed by atoms with Crippen molar-refractivity contribution in [3.8, 4) is 5.75 Å². The van der Waals surface area contributed by atoms with Crippen LogP contribution in [0.15, 0.2) is 47.1 Å². The van der Waals surface area contributed by atoms with Crippen molar-refractivity contribution in [3.05, 3.63) is 64.0 Å². The van der Waals surface area contributed by atoms with Crippen LogP contribution in [0, 0.1) is 0 Å². The highest BCUT2D eigenvalue weighted by molar-refractivity contribution is 9.10. The van der Waals surface area contributed by atoms with E-state index in [0.717, 1.165) is 4.47 Å². The third kappa shape index (κ3) is 4.60. The van der Waals surface area contributed by atoms with E-state index in [1.807, 2.05) is 19.1 Å². The number of ether oxygens (including phenoxy) is 1. The summed E-state index contributed by atoms with van der Waals surface area (Å²) in [6, 6.07) is 8.97. The Hall–Kier alpha value is -2.55. The summed E-state index contributed by atoms with van der Waals surface area (Å²) in [6.07, 6.45) is -2.39. The minimum absolute atomic E-state index is 0.165. The van der Waals surface area contributed by atoms with Crippen LogP contribution in [0.2, 0.25) is 0 Å². The number of aryl methyl sites for hydroxylation is 1. The summed E-state index contributed by atoms with van der Waals surface area (Å²) in [5, 5.41) is 2.78. The smallest absolute Gasteiger partial charge is 0.406 e. The second kappa shape index (κ2) is 7.59. The van der Waals surface area contributed by atoms with Crippen LogP contribution in [0.3, 0.4) is 0 Å². The number of hydrogen-bond acceptors (Lipinski definition) is 3. The molecule has 2 heterocycles. The molecule has 0 bridgehead atoms. The van der Waals surface area contributed by atoms with Gasteiger partial charge < -0.3 is 10.1 Å². The van der Waals surface area contributed by atoms with Crippen molar-refractivity contribution in [2.75, 3.05) is 0 Å². The molecule has 2 aromatic heterocycles. The van der Waals surface area contributed by atoms with E-state index in [2.05, 4.69) is 31.0 Å². The topological polar surface area (TPSA) is 55.6 Å². The summed E-state index contributed by atoms with van der Waals surface area (Å²) in [7, 11) is 0. The van der Waals surface area contributed by atoms with Crippen molar-refractivity contribution in [2.24, 2.45) is 0 Å². The SMILES string of the molecule is CCc1nc2cc(Br)ccn2c1C(=O)NCc1ccc(OC(F)(F)F)cc1. The molecule has 0 unspecified atom stereocenters. The summed E-state index contributed by atoms with van der Waals surface area (Å²) in [4.78, 5) is 17.1. The Morgan fingerprint density at radius 2 is 1.96 bits per heavy atom. The first kappa shape index (κ1) is 19.2. The van der Waals surface area contributed by atoms with E-state index in [-0.39, 0.29) is 18.2 Å². The van der Waals surface area contributed by atoms with Gasteiger partial charge in [-0.15, -0.1) is 13.2 Å². The lowest BCUT2D eigenvalue weighted by molar-refractivity contribution is -0.274. The lowest BCUT2D eigenvalue weighted by Gasteiger charge is -2.10. The minimum atomic E-state index is -4.73. The molecule has 0 atom stereocenters. The summed E-state index contributed by atoms with van der Waals surface area (Å²) < 4.78 is 43.0. The van der Waals surface area contributed by atoms with Gasteiger partial charge in [-0.2, -0.15) is 0 Å². The van der Waals surface area contributed by atoms with Crippen LogP contribution in [-0.4, -0.2) is 21.7 Å². The normalized spacial score (nSPS) is 11.6. The molecule has 27 heavy (non-hydrogen) atoms. The first-order valence-corrected chi connectivity index (χ1v) is 8.85. The van der Waals surface area contributed by atoms with Gasteiger partial charge >= 0.3 is 6.36 Å². The van der Waals surface area contributed by atoms with Crippen LogP contribution in [0.1, 0.15) is 28.7 Å². The second-order valence-corrected chi connectivity index (χ2v) is 6.62. The van der Waals surface area contributed by atoms with E-state index in [9.17, 15) is 18.0 Å². The van der Waals surface area contributed by atoms with Crippen LogP contribution < -0.4 is 10.1 Å². The molecule has 0 aliphatic carbocycles. The number of nitrogens with zero attached hydrogens (tertiary/aromatic N) is 2. The quantitative estimate of drug-likeness (QED) is 0.634. The number of amides is 1. The maximum absolute atomic E-state index is 12.7. The van der Waals surface area contributed by atoms with Gasteiger partial charge in [0.15, 0.2) is 0 Å². The van der Waals surface area contributed by atoms with Crippen molar-refractivity contribution in [2.45, 2.75) is 26.3 Å². The number of halogens is 4. The number of pyridine rings is 1. The van der Waals surface area contributed by atoms with Gasteiger partial charge in [-0.1, -0.05) is 35.0 Å². The summed E-state index contributed by atoms with van der Waals surface area (Å²) in [5.41, 5.74) is 2.41.